The minimum Gasteiger partial charge on any atom is -0.497 e. The number of ether oxygens (including phenoxy) is 3. The number of carbonyl (C=O) groups is 2. The van der Waals surface area contributed by atoms with Gasteiger partial charge in [0, 0.05) is 12.0 Å². The fourth-order valence-corrected chi connectivity index (χ4v) is 2.99. The van der Waals surface area contributed by atoms with Crippen molar-refractivity contribution in [1.82, 2.24) is 5.32 Å². The van der Waals surface area contributed by atoms with Crippen molar-refractivity contribution >= 4 is 11.9 Å². The third-order valence-electron chi connectivity index (χ3n) is 4.91. The van der Waals surface area contributed by atoms with Crippen molar-refractivity contribution in [3.05, 3.63) is 60.2 Å². The Morgan fingerprint density at radius 2 is 1.68 bits per heavy atom. The first-order chi connectivity index (χ1) is 13.5. The molecule has 3 rings (SSSR count). The smallest absolute Gasteiger partial charge is 0.347 e. The maximum atomic E-state index is 12.1. The summed E-state index contributed by atoms with van der Waals surface area (Å²) < 4.78 is 15.7. The van der Waals surface area contributed by atoms with E-state index in [1.807, 2.05) is 18.2 Å². The highest BCUT2D eigenvalue weighted by atomic mass is 16.6. The number of benzene rings is 2. The second-order valence-corrected chi connectivity index (χ2v) is 6.97. The largest absolute Gasteiger partial charge is 0.497 e. The van der Waals surface area contributed by atoms with Crippen LogP contribution in [0.25, 0.3) is 0 Å². The highest BCUT2D eigenvalue weighted by Crippen LogP contribution is 2.47. The van der Waals surface area contributed by atoms with Gasteiger partial charge < -0.3 is 19.5 Å². The molecule has 1 atom stereocenters. The molecule has 148 valence electrons. The Hall–Kier alpha value is -3.02. The molecule has 1 fully saturated rings. The lowest BCUT2D eigenvalue weighted by Gasteiger charge is -2.17. The predicted molar refractivity (Wildman–Crippen MR) is 104 cm³/mol. The van der Waals surface area contributed by atoms with Gasteiger partial charge in [-0.2, -0.15) is 0 Å². The molecule has 0 bridgehead atoms. The summed E-state index contributed by atoms with van der Waals surface area (Å²) in [6, 6.07) is 17.0. The molecule has 1 aliphatic carbocycles. The van der Waals surface area contributed by atoms with E-state index in [4.69, 9.17) is 14.2 Å². The number of esters is 1. The number of amides is 1. The van der Waals surface area contributed by atoms with Gasteiger partial charge in [-0.25, -0.2) is 4.79 Å². The normalized spacial score (nSPS) is 15.2. The van der Waals surface area contributed by atoms with Crippen LogP contribution in [-0.4, -0.2) is 38.2 Å². The zero-order chi connectivity index (χ0) is 20.0. The van der Waals surface area contributed by atoms with Crippen molar-refractivity contribution in [2.45, 2.75) is 31.3 Å². The maximum Gasteiger partial charge on any atom is 0.347 e. The third-order valence-corrected chi connectivity index (χ3v) is 4.91. The second kappa shape index (κ2) is 8.78. The van der Waals surface area contributed by atoms with E-state index in [0.29, 0.717) is 18.0 Å². The number of methoxy groups -OCH3 is 1. The molecule has 1 saturated carbocycles. The van der Waals surface area contributed by atoms with Gasteiger partial charge in [0.15, 0.2) is 12.7 Å². The summed E-state index contributed by atoms with van der Waals surface area (Å²) in [5.41, 5.74) is 1.25. The topological polar surface area (TPSA) is 73.9 Å². The molecule has 1 N–H and O–H groups in total. The summed E-state index contributed by atoms with van der Waals surface area (Å²) in [5.74, 6) is 0.318. The summed E-state index contributed by atoms with van der Waals surface area (Å²) in [4.78, 5) is 24.1. The van der Waals surface area contributed by atoms with Crippen molar-refractivity contribution in [3.8, 4) is 11.5 Å². The van der Waals surface area contributed by atoms with Crippen molar-refractivity contribution in [3.63, 3.8) is 0 Å². The molecule has 0 aliphatic heterocycles. The lowest BCUT2D eigenvalue weighted by Crippen LogP contribution is -2.36. The highest BCUT2D eigenvalue weighted by Gasteiger charge is 2.44. The van der Waals surface area contributed by atoms with E-state index in [2.05, 4.69) is 17.4 Å². The molecule has 6 nitrogen and oxygen atoms in total. The fourth-order valence-electron chi connectivity index (χ4n) is 2.99. The summed E-state index contributed by atoms with van der Waals surface area (Å²) in [5, 5.41) is 2.87. The maximum absolute atomic E-state index is 12.1. The van der Waals surface area contributed by atoms with Crippen LogP contribution in [0.2, 0.25) is 0 Å². The summed E-state index contributed by atoms with van der Waals surface area (Å²) in [7, 11) is 1.58. The monoisotopic (exact) mass is 383 g/mol. The number of rotatable bonds is 9. The van der Waals surface area contributed by atoms with Crippen molar-refractivity contribution < 1.29 is 23.8 Å². The summed E-state index contributed by atoms with van der Waals surface area (Å²) in [6.45, 7) is 1.81. The molecule has 2 aromatic rings. The van der Waals surface area contributed by atoms with Gasteiger partial charge in [-0.3, -0.25) is 4.79 Å². The molecule has 2 aromatic carbocycles. The van der Waals surface area contributed by atoms with Gasteiger partial charge in [-0.1, -0.05) is 30.3 Å². The van der Waals surface area contributed by atoms with E-state index >= 15 is 0 Å². The molecule has 6 heteroatoms. The van der Waals surface area contributed by atoms with E-state index in [-0.39, 0.29) is 17.9 Å². The summed E-state index contributed by atoms with van der Waals surface area (Å²) in [6.07, 6.45) is 1.27. The van der Waals surface area contributed by atoms with Crippen LogP contribution in [0.4, 0.5) is 0 Å². The van der Waals surface area contributed by atoms with Crippen LogP contribution in [0, 0.1) is 0 Å². The van der Waals surface area contributed by atoms with Gasteiger partial charge in [-0.15, -0.1) is 0 Å². The number of hydrogen-bond acceptors (Lipinski definition) is 5. The Bertz CT molecular complexity index is 799. The molecule has 1 aliphatic rings. The number of carbonyl (C=O) groups excluding carboxylic acids is 2. The Balaban J connectivity index is 1.40. The zero-order valence-electron chi connectivity index (χ0n) is 16.1. The van der Waals surface area contributed by atoms with Crippen molar-refractivity contribution in [1.29, 1.82) is 0 Å². The first-order valence-electron chi connectivity index (χ1n) is 9.32. The van der Waals surface area contributed by atoms with Crippen LogP contribution >= 0.6 is 0 Å². The van der Waals surface area contributed by atoms with Crippen LogP contribution in [0.3, 0.4) is 0 Å². The van der Waals surface area contributed by atoms with Crippen LogP contribution in [0.15, 0.2) is 54.6 Å². The Kier molecular flexibility index (Phi) is 6.19. The average molecular weight is 383 g/mol. The lowest BCUT2D eigenvalue weighted by atomic mass is 9.96. The van der Waals surface area contributed by atoms with E-state index in [9.17, 15) is 9.59 Å². The molecular formula is C22H25NO5. The molecule has 0 spiro atoms. The molecule has 0 saturated heterocycles. The molecule has 1 amide bonds. The van der Waals surface area contributed by atoms with Gasteiger partial charge in [0.2, 0.25) is 0 Å². The minimum absolute atomic E-state index is 0.0195. The number of hydrogen-bond donors (Lipinski definition) is 1. The zero-order valence-corrected chi connectivity index (χ0v) is 16.1. The standard InChI is InChI=1S/C22H25NO5/c1-16(28-19-10-8-18(26-2)9-11-19)21(25)27-14-20(24)23-15-22(12-13-22)17-6-4-3-5-7-17/h3-11,16H,12-15H2,1-2H3,(H,23,24). The fraction of sp³-hybridized carbons (Fsp3) is 0.364. The summed E-state index contributed by atoms with van der Waals surface area (Å²) >= 11 is 0. The molecule has 0 aromatic heterocycles. The lowest BCUT2D eigenvalue weighted by molar-refractivity contribution is -0.154. The van der Waals surface area contributed by atoms with Gasteiger partial charge in [0.1, 0.15) is 11.5 Å². The first-order valence-corrected chi connectivity index (χ1v) is 9.32. The Labute approximate surface area is 164 Å². The van der Waals surface area contributed by atoms with Crippen LogP contribution < -0.4 is 14.8 Å². The second-order valence-electron chi connectivity index (χ2n) is 6.97. The Morgan fingerprint density at radius 3 is 2.29 bits per heavy atom. The molecular weight excluding hydrogens is 358 g/mol. The quantitative estimate of drug-likeness (QED) is 0.674. The van der Waals surface area contributed by atoms with Gasteiger partial charge in [0.05, 0.1) is 7.11 Å². The SMILES string of the molecule is COc1ccc(OC(C)C(=O)OCC(=O)NCC2(c3ccccc3)CC2)cc1. The third kappa shape index (κ3) is 5.03. The average Bonchev–Trinajstić information content (AvgIpc) is 3.53. The van der Waals surface area contributed by atoms with E-state index in [1.165, 1.54) is 5.56 Å². The minimum atomic E-state index is -0.819. The van der Waals surface area contributed by atoms with E-state index in [1.54, 1.807) is 38.3 Å². The predicted octanol–water partition coefficient (Wildman–Crippen LogP) is 2.85. The van der Waals surface area contributed by atoms with Crippen molar-refractivity contribution in [2.75, 3.05) is 20.3 Å². The molecule has 0 radical (unpaired) electrons. The van der Waals surface area contributed by atoms with E-state index < -0.39 is 12.1 Å². The van der Waals surface area contributed by atoms with Crippen LogP contribution in [0.5, 0.6) is 11.5 Å². The van der Waals surface area contributed by atoms with Gasteiger partial charge in [0.25, 0.3) is 5.91 Å². The van der Waals surface area contributed by atoms with Gasteiger partial charge >= 0.3 is 5.97 Å². The van der Waals surface area contributed by atoms with Crippen LogP contribution in [-0.2, 0) is 19.7 Å². The first kappa shape index (κ1) is 19.7. The molecule has 1 unspecified atom stereocenters. The molecule has 0 heterocycles. The Morgan fingerprint density at radius 1 is 1.04 bits per heavy atom. The van der Waals surface area contributed by atoms with Crippen LogP contribution in [0.1, 0.15) is 25.3 Å². The van der Waals surface area contributed by atoms with Crippen molar-refractivity contribution in [2.24, 2.45) is 0 Å². The number of nitrogens with one attached hydrogen (secondary N) is 1. The highest BCUT2D eigenvalue weighted by molar-refractivity contribution is 5.82. The molecule has 28 heavy (non-hydrogen) atoms. The van der Waals surface area contributed by atoms with E-state index in [0.717, 1.165) is 12.8 Å². The van der Waals surface area contributed by atoms with Gasteiger partial charge in [-0.05, 0) is 49.6 Å².